The maximum atomic E-state index is 12.3. The topological polar surface area (TPSA) is 58.2 Å². The van der Waals surface area contributed by atoms with Gasteiger partial charge in [0, 0.05) is 20.5 Å². The largest absolute Gasteiger partial charge is 0.323 e. The zero-order chi connectivity index (χ0) is 16.1. The first-order valence-corrected chi connectivity index (χ1v) is 7.68. The van der Waals surface area contributed by atoms with E-state index < -0.39 is 0 Å². The number of halogens is 1. The molecule has 2 aromatic carbocycles. The fourth-order valence-corrected chi connectivity index (χ4v) is 2.31. The first kappa shape index (κ1) is 16.2. The average Bonchev–Trinajstić information content (AvgIpc) is 2.51. The van der Waals surface area contributed by atoms with Crippen LogP contribution in [-0.4, -0.2) is 11.8 Å². The molecule has 0 saturated heterocycles. The summed E-state index contributed by atoms with van der Waals surface area (Å²) in [6, 6.07) is 12.6. The highest BCUT2D eigenvalue weighted by Gasteiger charge is 2.08. The Hall–Kier alpha value is -2.15. The molecule has 0 aliphatic carbocycles. The van der Waals surface area contributed by atoms with Gasteiger partial charge in [-0.15, -0.1) is 0 Å². The highest BCUT2D eigenvalue weighted by molar-refractivity contribution is 14.1. The minimum atomic E-state index is -0.285. The molecule has 0 heterocycles. The molecular formula is C17H15IN2O2. The van der Waals surface area contributed by atoms with Gasteiger partial charge in [-0.3, -0.25) is 9.59 Å². The van der Waals surface area contributed by atoms with Gasteiger partial charge >= 0.3 is 0 Å². The van der Waals surface area contributed by atoms with E-state index in [0.717, 1.165) is 14.8 Å². The van der Waals surface area contributed by atoms with Crippen molar-refractivity contribution in [3.8, 4) is 0 Å². The van der Waals surface area contributed by atoms with E-state index in [-0.39, 0.29) is 11.8 Å². The second-order valence-electron chi connectivity index (χ2n) is 4.68. The highest BCUT2D eigenvalue weighted by Crippen LogP contribution is 2.19. The Morgan fingerprint density at radius 3 is 2.41 bits per heavy atom. The lowest BCUT2D eigenvalue weighted by molar-refractivity contribution is -0.111. The molecule has 0 saturated carbocycles. The Labute approximate surface area is 142 Å². The normalized spacial score (nSPS) is 9.91. The van der Waals surface area contributed by atoms with E-state index in [1.807, 2.05) is 25.1 Å². The van der Waals surface area contributed by atoms with Crippen LogP contribution in [0.25, 0.3) is 0 Å². The Morgan fingerprint density at radius 2 is 1.77 bits per heavy atom. The maximum absolute atomic E-state index is 12.3. The van der Waals surface area contributed by atoms with E-state index in [2.05, 4.69) is 39.8 Å². The summed E-state index contributed by atoms with van der Waals surface area (Å²) in [4.78, 5) is 23.5. The molecule has 4 nitrogen and oxygen atoms in total. The van der Waals surface area contributed by atoms with Crippen LogP contribution in [0.5, 0.6) is 0 Å². The summed E-state index contributed by atoms with van der Waals surface area (Å²) in [6.07, 6.45) is 1.19. The van der Waals surface area contributed by atoms with Crippen LogP contribution in [0, 0.1) is 10.5 Å². The first-order valence-electron chi connectivity index (χ1n) is 6.60. The van der Waals surface area contributed by atoms with Crippen LogP contribution >= 0.6 is 22.6 Å². The molecule has 2 N–H and O–H groups in total. The van der Waals surface area contributed by atoms with Crippen LogP contribution in [0.4, 0.5) is 11.4 Å². The Morgan fingerprint density at radius 1 is 1.09 bits per heavy atom. The van der Waals surface area contributed by atoms with E-state index in [0.29, 0.717) is 11.3 Å². The van der Waals surface area contributed by atoms with Crippen LogP contribution in [0.15, 0.2) is 55.1 Å². The van der Waals surface area contributed by atoms with Crippen LogP contribution < -0.4 is 10.6 Å². The predicted octanol–water partition coefficient (Wildman–Crippen LogP) is 3.98. The molecular weight excluding hydrogens is 391 g/mol. The summed E-state index contributed by atoms with van der Waals surface area (Å²) in [5, 5.41) is 5.53. The molecule has 0 aliphatic rings. The molecule has 0 spiro atoms. The molecule has 0 aliphatic heterocycles. The number of nitrogens with one attached hydrogen (secondary N) is 2. The van der Waals surface area contributed by atoms with E-state index in [1.165, 1.54) is 6.08 Å². The van der Waals surface area contributed by atoms with Gasteiger partial charge in [-0.25, -0.2) is 0 Å². The Balaban J connectivity index is 2.11. The van der Waals surface area contributed by atoms with Gasteiger partial charge in [0.15, 0.2) is 0 Å². The number of carbonyl (C=O) groups is 2. The molecule has 0 aromatic heterocycles. The van der Waals surface area contributed by atoms with Crippen molar-refractivity contribution in [1.29, 1.82) is 0 Å². The number of anilines is 2. The first-order chi connectivity index (χ1) is 10.5. The molecule has 0 atom stereocenters. The van der Waals surface area contributed by atoms with Crippen molar-refractivity contribution in [2.75, 3.05) is 10.6 Å². The van der Waals surface area contributed by atoms with Crippen LogP contribution in [0.3, 0.4) is 0 Å². The van der Waals surface area contributed by atoms with Crippen molar-refractivity contribution in [1.82, 2.24) is 0 Å². The number of amides is 2. The van der Waals surface area contributed by atoms with Crippen molar-refractivity contribution < 1.29 is 9.59 Å². The zero-order valence-electron chi connectivity index (χ0n) is 12.0. The van der Waals surface area contributed by atoms with E-state index in [1.54, 1.807) is 24.3 Å². The van der Waals surface area contributed by atoms with Crippen LogP contribution in [0.1, 0.15) is 15.9 Å². The summed E-state index contributed by atoms with van der Waals surface area (Å²) in [6.45, 7) is 5.33. The van der Waals surface area contributed by atoms with Crippen molar-refractivity contribution in [3.63, 3.8) is 0 Å². The van der Waals surface area contributed by atoms with Gasteiger partial charge in [0.05, 0.1) is 0 Å². The van der Waals surface area contributed by atoms with Crippen molar-refractivity contribution in [3.05, 3.63) is 69.8 Å². The van der Waals surface area contributed by atoms with Crippen molar-refractivity contribution in [2.24, 2.45) is 0 Å². The fourth-order valence-electron chi connectivity index (χ4n) is 1.82. The summed E-state index contributed by atoms with van der Waals surface area (Å²) in [5.41, 5.74) is 2.94. The minimum absolute atomic E-state index is 0.188. The van der Waals surface area contributed by atoms with Crippen molar-refractivity contribution >= 4 is 45.8 Å². The van der Waals surface area contributed by atoms with E-state index in [9.17, 15) is 9.59 Å². The number of hydrogen-bond acceptors (Lipinski definition) is 2. The molecule has 22 heavy (non-hydrogen) atoms. The third-order valence-corrected chi connectivity index (χ3v) is 3.72. The fraction of sp³-hybridized carbons (Fsp3) is 0.0588. The quantitative estimate of drug-likeness (QED) is 0.596. The smallest absolute Gasteiger partial charge is 0.255 e. The van der Waals surface area contributed by atoms with Gasteiger partial charge in [-0.05, 0) is 77.6 Å². The van der Waals surface area contributed by atoms with Gasteiger partial charge in [0.1, 0.15) is 0 Å². The third-order valence-electron chi connectivity index (χ3n) is 3.05. The lowest BCUT2D eigenvalue weighted by atomic mass is 10.1. The van der Waals surface area contributed by atoms with Gasteiger partial charge < -0.3 is 10.6 Å². The molecule has 0 unspecified atom stereocenters. The SMILES string of the molecule is C=CC(=O)Nc1ccc(C(=O)Nc2cc(I)ccc2C)cc1. The lowest BCUT2D eigenvalue weighted by Gasteiger charge is -2.09. The van der Waals surface area contributed by atoms with Crippen LogP contribution in [-0.2, 0) is 4.79 Å². The maximum Gasteiger partial charge on any atom is 0.255 e. The molecule has 0 fully saturated rings. The molecule has 5 heteroatoms. The van der Waals surface area contributed by atoms with E-state index in [4.69, 9.17) is 0 Å². The van der Waals surface area contributed by atoms with Gasteiger partial charge in [0.25, 0.3) is 5.91 Å². The number of aryl methyl sites for hydroxylation is 1. The van der Waals surface area contributed by atoms with Gasteiger partial charge in [0.2, 0.25) is 5.91 Å². The predicted molar refractivity (Wildman–Crippen MR) is 97.1 cm³/mol. The van der Waals surface area contributed by atoms with Gasteiger partial charge in [-0.1, -0.05) is 12.6 Å². The van der Waals surface area contributed by atoms with Gasteiger partial charge in [-0.2, -0.15) is 0 Å². The molecule has 2 amide bonds. The highest BCUT2D eigenvalue weighted by atomic mass is 127. The molecule has 0 bridgehead atoms. The second kappa shape index (κ2) is 7.22. The summed E-state index contributed by atoms with van der Waals surface area (Å²) in [5.74, 6) is -0.474. The summed E-state index contributed by atoms with van der Waals surface area (Å²) in [7, 11) is 0. The molecule has 0 radical (unpaired) electrons. The number of hydrogen-bond donors (Lipinski definition) is 2. The molecule has 112 valence electrons. The Bertz CT molecular complexity index is 724. The zero-order valence-corrected chi connectivity index (χ0v) is 14.2. The third kappa shape index (κ3) is 4.17. The lowest BCUT2D eigenvalue weighted by Crippen LogP contribution is -2.13. The monoisotopic (exact) mass is 406 g/mol. The summed E-state index contributed by atoms with van der Waals surface area (Å²) < 4.78 is 1.06. The van der Waals surface area contributed by atoms with Crippen molar-refractivity contribution in [2.45, 2.75) is 6.92 Å². The minimum Gasteiger partial charge on any atom is -0.323 e. The van der Waals surface area contributed by atoms with E-state index >= 15 is 0 Å². The number of carbonyl (C=O) groups excluding carboxylic acids is 2. The summed E-state index contributed by atoms with van der Waals surface area (Å²) >= 11 is 2.20. The second-order valence-corrected chi connectivity index (χ2v) is 5.93. The number of rotatable bonds is 4. The number of benzene rings is 2. The molecule has 2 aromatic rings. The Kier molecular flexibility index (Phi) is 5.32. The standard InChI is InChI=1S/C17H15IN2O2/c1-3-16(21)19-14-8-5-12(6-9-14)17(22)20-15-10-13(18)7-4-11(15)2/h3-10H,1H2,2H3,(H,19,21)(H,20,22). The van der Waals surface area contributed by atoms with Crippen LogP contribution in [0.2, 0.25) is 0 Å². The average molecular weight is 406 g/mol. The molecule has 2 rings (SSSR count).